The van der Waals surface area contributed by atoms with Gasteiger partial charge in [-0.1, -0.05) is 17.7 Å². The number of hydrogen-bond acceptors (Lipinski definition) is 2. The van der Waals surface area contributed by atoms with Crippen molar-refractivity contribution in [2.45, 2.75) is 12.8 Å². The summed E-state index contributed by atoms with van der Waals surface area (Å²) < 4.78 is 0. The van der Waals surface area contributed by atoms with Crippen LogP contribution < -0.4 is 11.5 Å². The fraction of sp³-hybridized carbons (Fsp3) is 0.333. The molecule has 0 aromatic carbocycles. The molecule has 0 spiro atoms. The second-order valence-electron chi connectivity index (χ2n) is 1.96. The quantitative estimate of drug-likeness (QED) is 0.625. The molecule has 2 amide bonds. The van der Waals surface area contributed by atoms with Crippen LogP contribution in [0.5, 0.6) is 0 Å². The first-order valence-electron chi connectivity index (χ1n) is 2.93. The van der Waals surface area contributed by atoms with Gasteiger partial charge < -0.3 is 11.5 Å². The molecule has 0 fully saturated rings. The van der Waals surface area contributed by atoms with Crippen LogP contribution >= 0.6 is 11.6 Å². The van der Waals surface area contributed by atoms with Gasteiger partial charge in [-0.3, -0.25) is 9.59 Å². The van der Waals surface area contributed by atoms with Crippen molar-refractivity contribution in [1.82, 2.24) is 0 Å². The summed E-state index contributed by atoms with van der Waals surface area (Å²) in [6.07, 6.45) is 1.36. The molecule has 4 N–H and O–H groups in total. The molecular formula is C6H9ClN2O2. The number of halogens is 1. The first-order valence-corrected chi connectivity index (χ1v) is 3.31. The van der Waals surface area contributed by atoms with E-state index in [-0.39, 0.29) is 17.9 Å². The number of hydrogen-bond donors (Lipinski definition) is 2. The number of carbonyl (C=O) groups excluding carboxylic acids is 2. The topological polar surface area (TPSA) is 86.2 Å². The summed E-state index contributed by atoms with van der Waals surface area (Å²) in [5, 5.41) is 0.247. The van der Waals surface area contributed by atoms with Gasteiger partial charge in [0.15, 0.2) is 0 Å². The molecule has 5 heteroatoms. The third kappa shape index (κ3) is 6.86. The van der Waals surface area contributed by atoms with Gasteiger partial charge in [0, 0.05) is 11.5 Å². The molecule has 0 unspecified atom stereocenters. The van der Waals surface area contributed by atoms with E-state index in [1.165, 1.54) is 6.08 Å². The van der Waals surface area contributed by atoms with Crippen molar-refractivity contribution < 1.29 is 9.59 Å². The molecule has 0 aliphatic heterocycles. The van der Waals surface area contributed by atoms with Gasteiger partial charge >= 0.3 is 0 Å². The van der Waals surface area contributed by atoms with E-state index in [0.29, 0.717) is 0 Å². The average molecular weight is 177 g/mol. The van der Waals surface area contributed by atoms with Crippen molar-refractivity contribution >= 4 is 23.4 Å². The Bertz CT molecular complexity index is 201. The lowest BCUT2D eigenvalue weighted by Crippen LogP contribution is -2.11. The molecule has 0 heterocycles. The molecule has 0 aromatic heterocycles. The summed E-state index contributed by atoms with van der Waals surface area (Å²) in [7, 11) is 0. The standard InChI is InChI=1S/C6H9ClN2O2/c7-4(3-6(9)11)1-2-5(8)10/h1H,2-3H2,(H2,8,10)(H2,9,11)/b4-1+. The monoisotopic (exact) mass is 176 g/mol. The smallest absolute Gasteiger partial charge is 0.222 e. The Morgan fingerprint density at radius 3 is 2.18 bits per heavy atom. The van der Waals surface area contributed by atoms with E-state index in [1.807, 2.05) is 0 Å². The van der Waals surface area contributed by atoms with Crippen molar-refractivity contribution in [3.05, 3.63) is 11.1 Å². The minimum absolute atomic E-state index is 0.0338. The third-order valence-corrected chi connectivity index (χ3v) is 1.16. The van der Waals surface area contributed by atoms with Gasteiger partial charge in [-0.2, -0.15) is 0 Å². The fourth-order valence-electron chi connectivity index (χ4n) is 0.450. The summed E-state index contributed by atoms with van der Waals surface area (Å²) in [5.74, 6) is -1.02. The molecule has 0 aliphatic rings. The molecule has 0 aromatic rings. The van der Waals surface area contributed by atoms with E-state index >= 15 is 0 Å². The Kier molecular flexibility index (Phi) is 4.29. The summed E-state index contributed by atoms with van der Waals surface area (Å²) in [6, 6.07) is 0. The minimum Gasteiger partial charge on any atom is -0.369 e. The van der Waals surface area contributed by atoms with Crippen LogP contribution in [-0.4, -0.2) is 11.8 Å². The molecule has 0 aliphatic carbocycles. The van der Waals surface area contributed by atoms with Crippen LogP contribution in [0.25, 0.3) is 0 Å². The van der Waals surface area contributed by atoms with Gasteiger partial charge in [-0.25, -0.2) is 0 Å². The van der Waals surface area contributed by atoms with Crippen LogP contribution in [0.4, 0.5) is 0 Å². The zero-order valence-corrected chi connectivity index (χ0v) is 6.60. The first-order chi connectivity index (χ1) is 5.02. The van der Waals surface area contributed by atoms with Crippen LogP contribution in [0.3, 0.4) is 0 Å². The minimum atomic E-state index is -0.532. The van der Waals surface area contributed by atoms with Crippen LogP contribution in [0.1, 0.15) is 12.8 Å². The summed E-state index contributed by atoms with van der Waals surface area (Å²) in [5.41, 5.74) is 9.63. The lowest BCUT2D eigenvalue weighted by atomic mass is 10.3. The molecule has 0 saturated carbocycles. The molecule has 11 heavy (non-hydrogen) atoms. The van der Waals surface area contributed by atoms with E-state index in [9.17, 15) is 9.59 Å². The Hall–Kier alpha value is -1.03. The Morgan fingerprint density at radius 2 is 1.82 bits per heavy atom. The van der Waals surface area contributed by atoms with E-state index < -0.39 is 11.8 Å². The molecule has 0 saturated heterocycles. The highest BCUT2D eigenvalue weighted by atomic mass is 35.5. The van der Waals surface area contributed by atoms with Crippen LogP contribution in [0.2, 0.25) is 0 Å². The van der Waals surface area contributed by atoms with Gasteiger partial charge in [0.2, 0.25) is 11.8 Å². The van der Waals surface area contributed by atoms with Crippen molar-refractivity contribution in [1.29, 1.82) is 0 Å². The van der Waals surface area contributed by atoms with Crippen LogP contribution in [-0.2, 0) is 9.59 Å². The van der Waals surface area contributed by atoms with Gasteiger partial charge in [0.05, 0.1) is 6.42 Å². The maximum atomic E-state index is 10.2. The van der Waals surface area contributed by atoms with Gasteiger partial charge in [0.1, 0.15) is 0 Å². The molecule has 0 rings (SSSR count). The van der Waals surface area contributed by atoms with Crippen molar-refractivity contribution in [2.75, 3.05) is 0 Å². The van der Waals surface area contributed by atoms with E-state index in [0.717, 1.165) is 0 Å². The van der Waals surface area contributed by atoms with Crippen LogP contribution in [0.15, 0.2) is 11.1 Å². The number of carbonyl (C=O) groups is 2. The molecule has 0 atom stereocenters. The maximum Gasteiger partial charge on any atom is 0.222 e. The molecule has 4 nitrogen and oxygen atoms in total. The highest BCUT2D eigenvalue weighted by Gasteiger charge is 1.98. The molecule has 62 valence electrons. The normalized spacial score (nSPS) is 11.2. The Labute approximate surface area is 69.2 Å². The summed E-state index contributed by atoms with van der Waals surface area (Å²) in [4.78, 5) is 20.4. The average Bonchev–Trinajstić information content (AvgIpc) is 1.82. The second kappa shape index (κ2) is 4.73. The highest BCUT2D eigenvalue weighted by molar-refractivity contribution is 6.30. The predicted octanol–water partition coefficient (Wildman–Crippen LogP) is -0.140. The Balaban J connectivity index is 3.81. The van der Waals surface area contributed by atoms with Gasteiger partial charge in [-0.15, -0.1) is 0 Å². The van der Waals surface area contributed by atoms with E-state index in [2.05, 4.69) is 0 Å². The zero-order chi connectivity index (χ0) is 8.85. The maximum absolute atomic E-state index is 10.2. The first kappa shape index (κ1) is 9.97. The second-order valence-corrected chi connectivity index (χ2v) is 2.45. The molecule has 0 radical (unpaired) electrons. The molecule has 0 bridgehead atoms. The number of rotatable bonds is 4. The summed E-state index contributed by atoms with van der Waals surface area (Å²) >= 11 is 5.47. The van der Waals surface area contributed by atoms with E-state index in [4.69, 9.17) is 23.1 Å². The van der Waals surface area contributed by atoms with Crippen molar-refractivity contribution in [2.24, 2.45) is 11.5 Å². The van der Waals surface area contributed by atoms with E-state index in [1.54, 1.807) is 0 Å². The predicted molar refractivity (Wildman–Crippen MR) is 41.6 cm³/mol. The fourth-order valence-corrected chi connectivity index (χ4v) is 0.659. The third-order valence-electron chi connectivity index (χ3n) is 0.868. The highest BCUT2D eigenvalue weighted by Crippen LogP contribution is 2.06. The number of nitrogens with two attached hydrogens (primary N) is 2. The Morgan fingerprint density at radius 1 is 1.27 bits per heavy atom. The SMILES string of the molecule is NC(=O)C/C=C(/Cl)CC(N)=O. The van der Waals surface area contributed by atoms with Crippen LogP contribution in [0, 0.1) is 0 Å². The van der Waals surface area contributed by atoms with Gasteiger partial charge in [0.25, 0.3) is 0 Å². The summed E-state index contributed by atoms with van der Waals surface area (Å²) in [6.45, 7) is 0. The van der Waals surface area contributed by atoms with Crippen molar-refractivity contribution in [3.63, 3.8) is 0 Å². The number of amides is 2. The molecular weight excluding hydrogens is 168 g/mol. The largest absolute Gasteiger partial charge is 0.369 e. The van der Waals surface area contributed by atoms with Crippen molar-refractivity contribution in [3.8, 4) is 0 Å². The van der Waals surface area contributed by atoms with Gasteiger partial charge in [-0.05, 0) is 0 Å². The zero-order valence-electron chi connectivity index (χ0n) is 5.84. The lowest BCUT2D eigenvalue weighted by Gasteiger charge is -1.92. The number of primary amides is 2. The lowest BCUT2D eigenvalue weighted by molar-refractivity contribution is -0.118.